The van der Waals surface area contributed by atoms with E-state index >= 15 is 0 Å². The molecule has 0 aliphatic carbocycles. The first-order valence-electron chi connectivity index (χ1n) is 6.98. The minimum absolute atomic E-state index is 0.0247. The van der Waals surface area contributed by atoms with Gasteiger partial charge in [-0.05, 0) is 30.7 Å². The van der Waals surface area contributed by atoms with Gasteiger partial charge < -0.3 is 10.6 Å². The molecule has 0 unspecified atom stereocenters. The fraction of sp³-hybridized carbons (Fsp3) is 0.600. The molecule has 2 N–H and O–H groups in total. The van der Waals surface area contributed by atoms with Crippen LogP contribution >= 0.6 is 0 Å². The Bertz CT molecular complexity index is 456. The van der Waals surface area contributed by atoms with Crippen LogP contribution in [0.2, 0.25) is 0 Å². The van der Waals surface area contributed by atoms with Gasteiger partial charge in [-0.15, -0.1) is 0 Å². The van der Waals surface area contributed by atoms with E-state index in [4.69, 9.17) is 5.73 Å². The maximum absolute atomic E-state index is 14.1. The molecule has 2 nitrogen and oxygen atoms in total. The van der Waals surface area contributed by atoms with Gasteiger partial charge in [0.25, 0.3) is 0 Å². The van der Waals surface area contributed by atoms with Crippen LogP contribution < -0.4 is 10.6 Å². The molecule has 1 aliphatic heterocycles. The molecule has 1 aliphatic rings. The maximum Gasteiger partial charge on any atom is 0.182 e. The Morgan fingerprint density at radius 1 is 1.21 bits per heavy atom. The Labute approximate surface area is 113 Å². The van der Waals surface area contributed by atoms with Crippen LogP contribution in [0.3, 0.4) is 0 Å². The number of anilines is 1. The summed E-state index contributed by atoms with van der Waals surface area (Å²) < 4.78 is 27.9. The van der Waals surface area contributed by atoms with E-state index in [1.807, 2.05) is 4.90 Å². The molecule has 4 heteroatoms. The first-order chi connectivity index (χ1) is 9.06. The normalized spacial score (nSPS) is 18.1. The van der Waals surface area contributed by atoms with Crippen molar-refractivity contribution < 1.29 is 8.78 Å². The first kappa shape index (κ1) is 14.3. The topological polar surface area (TPSA) is 29.3 Å². The Kier molecular flexibility index (Phi) is 4.09. The summed E-state index contributed by atoms with van der Waals surface area (Å²) in [4.78, 5) is 1.96. The van der Waals surface area contributed by atoms with Crippen molar-refractivity contribution in [2.24, 2.45) is 11.1 Å². The number of hydrogen-bond donors (Lipinski definition) is 1. The summed E-state index contributed by atoms with van der Waals surface area (Å²) in [5.74, 6) is -1.56. The maximum atomic E-state index is 14.1. The fourth-order valence-electron chi connectivity index (χ4n) is 2.95. The molecule has 1 heterocycles. The van der Waals surface area contributed by atoms with Gasteiger partial charge in [-0.25, -0.2) is 8.78 Å². The molecule has 0 bridgehead atoms. The third kappa shape index (κ3) is 2.46. The van der Waals surface area contributed by atoms with Gasteiger partial charge in [0.1, 0.15) is 0 Å². The lowest BCUT2D eigenvalue weighted by Gasteiger charge is -2.27. The number of hydrogen-bond acceptors (Lipinski definition) is 2. The molecule has 1 fully saturated rings. The predicted octanol–water partition coefficient (Wildman–Crippen LogP) is 3.44. The average Bonchev–Trinajstić information content (AvgIpc) is 2.87. The lowest BCUT2D eigenvalue weighted by molar-refractivity contribution is 0.301. The Hall–Kier alpha value is -1.16. The summed E-state index contributed by atoms with van der Waals surface area (Å²) in [7, 11) is 0. The smallest absolute Gasteiger partial charge is 0.182 e. The van der Waals surface area contributed by atoms with Gasteiger partial charge in [0.05, 0.1) is 5.69 Å². The Morgan fingerprint density at radius 3 is 2.42 bits per heavy atom. The van der Waals surface area contributed by atoms with Crippen LogP contribution in [0.1, 0.15) is 38.7 Å². The standard InChI is InChI=1S/C15H22F2N2/c1-3-15(4-2)7-8-19(10-15)12-6-5-11(9-18)13(16)14(12)17/h5-6H,3-4,7-10,18H2,1-2H3. The van der Waals surface area contributed by atoms with E-state index in [2.05, 4.69) is 13.8 Å². The molecule has 0 radical (unpaired) electrons. The van der Waals surface area contributed by atoms with Gasteiger partial charge >= 0.3 is 0 Å². The van der Waals surface area contributed by atoms with E-state index in [9.17, 15) is 8.78 Å². The van der Waals surface area contributed by atoms with Gasteiger partial charge in [-0.2, -0.15) is 0 Å². The van der Waals surface area contributed by atoms with Crippen molar-refractivity contribution in [1.29, 1.82) is 0 Å². The predicted molar refractivity (Wildman–Crippen MR) is 74.1 cm³/mol. The second-order valence-electron chi connectivity index (χ2n) is 5.45. The zero-order valence-corrected chi connectivity index (χ0v) is 11.7. The highest BCUT2D eigenvalue weighted by Crippen LogP contribution is 2.40. The molecule has 0 atom stereocenters. The summed E-state index contributed by atoms with van der Waals surface area (Å²) in [5, 5.41) is 0. The Morgan fingerprint density at radius 2 is 1.89 bits per heavy atom. The van der Waals surface area contributed by atoms with Crippen LogP contribution in [0.5, 0.6) is 0 Å². The van der Waals surface area contributed by atoms with Crippen molar-refractivity contribution in [3.8, 4) is 0 Å². The number of rotatable bonds is 4. The summed E-state index contributed by atoms with van der Waals surface area (Å²) in [6.45, 7) is 5.96. The molecule has 1 aromatic carbocycles. The van der Waals surface area contributed by atoms with Crippen LogP contribution in [-0.4, -0.2) is 13.1 Å². The molecular formula is C15H22F2N2. The molecule has 1 aromatic rings. The molecule has 0 aromatic heterocycles. The molecule has 0 saturated carbocycles. The number of benzene rings is 1. The second kappa shape index (κ2) is 5.45. The van der Waals surface area contributed by atoms with E-state index in [0.29, 0.717) is 5.69 Å². The molecule has 106 valence electrons. The van der Waals surface area contributed by atoms with E-state index in [1.165, 1.54) is 0 Å². The molecule has 1 saturated heterocycles. The molecule has 0 spiro atoms. The highest BCUT2D eigenvalue weighted by atomic mass is 19.2. The van der Waals surface area contributed by atoms with Crippen molar-refractivity contribution in [3.05, 3.63) is 29.3 Å². The molecular weight excluding hydrogens is 246 g/mol. The number of nitrogens with two attached hydrogens (primary N) is 1. The summed E-state index contributed by atoms with van der Waals surface area (Å²) in [6.07, 6.45) is 3.19. The zero-order valence-electron chi connectivity index (χ0n) is 11.7. The zero-order chi connectivity index (χ0) is 14.0. The van der Waals surface area contributed by atoms with Crippen molar-refractivity contribution in [3.63, 3.8) is 0 Å². The molecule has 2 rings (SSSR count). The SMILES string of the molecule is CCC1(CC)CCN(c2ccc(CN)c(F)c2F)C1. The molecule has 19 heavy (non-hydrogen) atoms. The van der Waals surface area contributed by atoms with Crippen LogP contribution in [0.25, 0.3) is 0 Å². The van der Waals surface area contributed by atoms with Gasteiger partial charge in [-0.1, -0.05) is 19.9 Å². The minimum Gasteiger partial charge on any atom is -0.369 e. The van der Waals surface area contributed by atoms with Crippen molar-refractivity contribution >= 4 is 5.69 Å². The van der Waals surface area contributed by atoms with Crippen molar-refractivity contribution in [1.82, 2.24) is 0 Å². The van der Waals surface area contributed by atoms with E-state index in [0.717, 1.165) is 32.4 Å². The fourth-order valence-corrected chi connectivity index (χ4v) is 2.95. The van der Waals surface area contributed by atoms with E-state index < -0.39 is 11.6 Å². The lowest BCUT2D eigenvalue weighted by Crippen LogP contribution is -2.27. The van der Waals surface area contributed by atoms with E-state index in [1.54, 1.807) is 12.1 Å². The number of nitrogens with zero attached hydrogens (tertiary/aromatic N) is 1. The van der Waals surface area contributed by atoms with Crippen LogP contribution in [0, 0.1) is 17.0 Å². The molecule has 0 amide bonds. The quantitative estimate of drug-likeness (QED) is 0.906. The van der Waals surface area contributed by atoms with Gasteiger partial charge in [0.15, 0.2) is 11.6 Å². The van der Waals surface area contributed by atoms with Crippen molar-refractivity contribution in [2.75, 3.05) is 18.0 Å². The summed E-state index contributed by atoms with van der Waals surface area (Å²) in [6, 6.07) is 3.24. The van der Waals surface area contributed by atoms with Gasteiger partial charge in [0.2, 0.25) is 0 Å². The first-order valence-corrected chi connectivity index (χ1v) is 6.98. The van der Waals surface area contributed by atoms with Gasteiger partial charge in [-0.3, -0.25) is 0 Å². The third-order valence-corrected chi connectivity index (χ3v) is 4.64. The monoisotopic (exact) mass is 268 g/mol. The summed E-state index contributed by atoms with van der Waals surface area (Å²) in [5.41, 5.74) is 6.24. The number of halogens is 2. The third-order valence-electron chi connectivity index (χ3n) is 4.64. The minimum atomic E-state index is -0.800. The second-order valence-corrected chi connectivity index (χ2v) is 5.45. The lowest BCUT2D eigenvalue weighted by atomic mass is 9.82. The highest BCUT2D eigenvalue weighted by Gasteiger charge is 2.36. The Balaban J connectivity index is 2.27. The van der Waals surface area contributed by atoms with Crippen LogP contribution in [0.15, 0.2) is 12.1 Å². The summed E-state index contributed by atoms with van der Waals surface area (Å²) >= 11 is 0. The highest BCUT2D eigenvalue weighted by molar-refractivity contribution is 5.51. The van der Waals surface area contributed by atoms with Gasteiger partial charge in [0, 0.05) is 25.2 Å². The van der Waals surface area contributed by atoms with Crippen LogP contribution in [-0.2, 0) is 6.54 Å². The average molecular weight is 268 g/mol. The largest absolute Gasteiger partial charge is 0.369 e. The van der Waals surface area contributed by atoms with Crippen LogP contribution in [0.4, 0.5) is 14.5 Å². The van der Waals surface area contributed by atoms with Crippen molar-refractivity contribution in [2.45, 2.75) is 39.7 Å². The van der Waals surface area contributed by atoms with E-state index in [-0.39, 0.29) is 17.5 Å².